The van der Waals surface area contributed by atoms with Crippen LogP contribution in [-0.2, 0) is 9.53 Å². The average Bonchev–Trinajstić information content (AvgIpc) is 3.26. The number of fused-ring (bicyclic) bond motifs is 2. The summed E-state index contributed by atoms with van der Waals surface area (Å²) in [6.07, 6.45) is 3.24. The van der Waals surface area contributed by atoms with Gasteiger partial charge in [-0.15, -0.1) is 0 Å². The Morgan fingerprint density at radius 3 is 2.77 bits per heavy atom. The molecule has 1 amide bonds. The van der Waals surface area contributed by atoms with Gasteiger partial charge >= 0.3 is 0 Å². The number of hydrogen-bond donors (Lipinski definition) is 1. The molecular formula is C19H15Cl2N3O2. The maximum absolute atomic E-state index is 13.0. The van der Waals surface area contributed by atoms with Crippen LogP contribution in [0.1, 0.15) is 30.0 Å². The van der Waals surface area contributed by atoms with E-state index >= 15 is 0 Å². The molecule has 4 rings (SSSR count). The molecule has 0 saturated carbocycles. The topological polar surface area (TPSA) is 75.0 Å². The van der Waals surface area contributed by atoms with E-state index < -0.39 is 0 Å². The molecule has 2 bridgehead atoms. The van der Waals surface area contributed by atoms with Crippen LogP contribution in [0.3, 0.4) is 0 Å². The van der Waals surface area contributed by atoms with Gasteiger partial charge in [-0.3, -0.25) is 4.79 Å². The molecule has 0 spiro atoms. The summed E-state index contributed by atoms with van der Waals surface area (Å²) in [5, 5.41) is 12.9. The number of amides is 1. The molecule has 7 heteroatoms. The van der Waals surface area contributed by atoms with Crippen molar-refractivity contribution in [3.63, 3.8) is 0 Å². The first kappa shape index (κ1) is 17.3. The fourth-order valence-corrected chi connectivity index (χ4v) is 4.25. The second-order valence-electron chi connectivity index (χ2n) is 6.55. The van der Waals surface area contributed by atoms with Crippen molar-refractivity contribution < 1.29 is 9.53 Å². The first-order valence-corrected chi connectivity index (χ1v) is 9.10. The molecule has 5 nitrogen and oxygen atoms in total. The predicted molar refractivity (Wildman–Crippen MR) is 98.2 cm³/mol. The van der Waals surface area contributed by atoms with Crippen LogP contribution in [0.5, 0.6) is 0 Å². The monoisotopic (exact) mass is 387 g/mol. The number of nitrogens with one attached hydrogen (secondary N) is 1. The zero-order chi connectivity index (χ0) is 18.3. The molecule has 3 heterocycles. The highest BCUT2D eigenvalue weighted by Crippen LogP contribution is 2.49. The Labute approximate surface area is 160 Å². The number of carbonyl (C=O) groups is 1. The van der Waals surface area contributed by atoms with Gasteiger partial charge < -0.3 is 10.1 Å². The van der Waals surface area contributed by atoms with Crippen LogP contribution in [0.2, 0.25) is 10.0 Å². The van der Waals surface area contributed by atoms with Crippen molar-refractivity contribution in [1.29, 1.82) is 5.26 Å². The number of halogens is 2. The second-order valence-corrected chi connectivity index (χ2v) is 7.36. The Hall–Kier alpha value is -2.13. The van der Waals surface area contributed by atoms with Gasteiger partial charge in [-0.1, -0.05) is 23.2 Å². The summed E-state index contributed by atoms with van der Waals surface area (Å²) in [5.74, 6) is -0.528. The minimum absolute atomic E-state index is 0.0153. The van der Waals surface area contributed by atoms with Crippen LogP contribution < -0.4 is 5.32 Å². The van der Waals surface area contributed by atoms with Crippen LogP contribution in [0.25, 0.3) is 0 Å². The summed E-state index contributed by atoms with van der Waals surface area (Å²) in [7, 11) is 0. The highest BCUT2D eigenvalue weighted by Gasteiger charge is 2.52. The number of nitrogens with zero attached hydrogens (tertiary/aromatic N) is 2. The quantitative estimate of drug-likeness (QED) is 0.857. The molecule has 26 heavy (non-hydrogen) atoms. The SMILES string of the molecule is N#Cc1cc([C@@H]2[C@H](C(=O)Nc3ccc(Cl)c(Cl)c3)[C@H]3CC[C@@H]2O3)ccn1. The number of pyridine rings is 1. The van der Waals surface area contributed by atoms with Crippen molar-refractivity contribution in [2.45, 2.75) is 31.0 Å². The number of anilines is 1. The highest BCUT2D eigenvalue weighted by atomic mass is 35.5. The van der Waals surface area contributed by atoms with Crippen molar-refractivity contribution in [3.05, 3.63) is 57.8 Å². The number of rotatable bonds is 3. The van der Waals surface area contributed by atoms with E-state index in [0.29, 0.717) is 21.4 Å². The van der Waals surface area contributed by atoms with Crippen LogP contribution >= 0.6 is 23.2 Å². The van der Waals surface area contributed by atoms with Crippen molar-refractivity contribution in [3.8, 4) is 6.07 Å². The third kappa shape index (κ3) is 3.05. The van der Waals surface area contributed by atoms with Gasteiger partial charge in [0.15, 0.2) is 0 Å². The van der Waals surface area contributed by atoms with E-state index in [9.17, 15) is 4.79 Å². The van der Waals surface area contributed by atoms with Crippen molar-refractivity contribution in [1.82, 2.24) is 4.98 Å². The molecule has 1 aromatic heterocycles. The van der Waals surface area contributed by atoms with Crippen molar-refractivity contribution in [2.75, 3.05) is 5.32 Å². The van der Waals surface area contributed by atoms with E-state index in [4.69, 9.17) is 33.2 Å². The van der Waals surface area contributed by atoms with Crippen LogP contribution in [-0.4, -0.2) is 23.1 Å². The van der Waals surface area contributed by atoms with E-state index in [2.05, 4.69) is 16.4 Å². The molecule has 132 valence electrons. The lowest BCUT2D eigenvalue weighted by atomic mass is 9.75. The molecule has 1 aromatic carbocycles. The summed E-state index contributed by atoms with van der Waals surface area (Å²) >= 11 is 12.0. The largest absolute Gasteiger partial charge is 0.373 e. The Morgan fingerprint density at radius 2 is 2.00 bits per heavy atom. The maximum Gasteiger partial charge on any atom is 0.230 e. The Bertz CT molecular complexity index is 912. The van der Waals surface area contributed by atoms with Gasteiger partial charge in [-0.05, 0) is 48.7 Å². The Morgan fingerprint density at radius 1 is 1.19 bits per heavy atom. The molecule has 0 unspecified atom stereocenters. The summed E-state index contributed by atoms with van der Waals surface area (Å²) in [5.41, 5.74) is 1.85. The first-order chi connectivity index (χ1) is 12.6. The highest BCUT2D eigenvalue weighted by molar-refractivity contribution is 6.42. The third-order valence-corrected chi connectivity index (χ3v) is 5.79. The van der Waals surface area contributed by atoms with Gasteiger partial charge in [-0.2, -0.15) is 5.26 Å². The van der Waals surface area contributed by atoms with Gasteiger partial charge in [0, 0.05) is 17.8 Å². The molecule has 0 radical (unpaired) electrons. The second kappa shape index (κ2) is 6.88. The number of aromatic nitrogens is 1. The number of nitriles is 1. The number of benzene rings is 1. The number of carbonyl (C=O) groups excluding carboxylic acids is 1. The predicted octanol–water partition coefficient (Wildman–Crippen LogP) is 4.16. The third-order valence-electron chi connectivity index (χ3n) is 5.05. The molecule has 1 N–H and O–H groups in total. The molecule has 2 aromatic rings. The van der Waals surface area contributed by atoms with E-state index in [1.165, 1.54) is 0 Å². The lowest BCUT2D eigenvalue weighted by molar-refractivity contribution is -0.121. The normalized spacial score (nSPS) is 26.5. The fraction of sp³-hybridized carbons (Fsp3) is 0.316. The smallest absolute Gasteiger partial charge is 0.230 e. The van der Waals surface area contributed by atoms with Gasteiger partial charge in [0.1, 0.15) is 11.8 Å². The molecule has 4 atom stereocenters. The van der Waals surface area contributed by atoms with Crippen LogP contribution in [0.15, 0.2) is 36.5 Å². The Kier molecular flexibility index (Phi) is 4.58. The summed E-state index contributed by atoms with van der Waals surface area (Å²) < 4.78 is 6.02. The summed E-state index contributed by atoms with van der Waals surface area (Å²) in [4.78, 5) is 17.0. The van der Waals surface area contributed by atoms with E-state index in [1.807, 2.05) is 6.07 Å². The first-order valence-electron chi connectivity index (χ1n) is 8.34. The fourth-order valence-electron chi connectivity index (χ4n) is 3.95. The summed E-state index contributed by atoms with van der Waals surface area (Å²) in [6.45, 7) is 0. The van der Waals surface area contributed by atoms with Gasteiger partial charge in [0.25, 0.3) is 0 Å². The molecule has 2 aliphatic heterocycles. The number of hydrogen-bond acceptors (Lipinski definition) is 4. The Balaban J connectivity index is 1.61. The minimum Gasteiger partial charge on any atom is -0.373 e. The molecule has 0 aliphatic carbocycles. The summed E-state index contributed by atoms with van der Waals surface area (Å²) in [6, 6.07) is 10.6. The lowest BCUT2D eigenvalue weighted by Crippen LogP contribution is -2.36. The van der Waals surface area contributed by atoms with E-state index in [-0.39, 0.29) is 30.0 Å². The zero-order valence-electron chi connectivity index (χ0n) is 13.7. The zero-order valence-corrected chi connectivity index (χ0v) is 15.2. The van der Waals surface area contributed by atoms with E-state index in [0.717, 1.165) is 18.4 Å². The molecular weight excluding hydrogens is 373 g/mol. The average molecular weight is 388 g/mol. The maximum atomic E-state index is 13.0. The molecule has 2 fully saturated rings. The molecule has 2 saturated heterocycles. The standard InChI is InChI=1S/C19H15Cl2N3O2/c20-13-2-1-11(8-14(13)21)24-19(25)18-16-4-3-15(26-16)17(18)10-5-6-23-12(7-10)9-22/h1-2,5-8,15-18H,3-4H2,(H,24,25)/t15-,16+,17-,18+/m0/s1. The lowest BCUT2D eigenvalue weighted by Gasteiger charge is -2.27. The van der Waals surface area contributed by atoms with Crippen molar-refractivity contribution >= 4 is 34.8 Å². The minimum atomic E-state index is -0.322. The van der Waals surface area contributed by atoms with Gasteiger partial charge in [0.2, 0.25) is 5.91 Å². The van der Waals surface area contributed by atoms with Gasteiger partial charge in [0.05, 0.1) is 28.2 Å². The van der Waals surface area contributed by atoms with E-state index in [1.54, 1.807) is 30.5 Å². The van der Waals surface area contributed by atoms with Crippen molar-refractivity contribution in [2.24, 2.45) is 5.92 Å². The molecule has 2 aliphatic rings. The van der Waals surface area contributed by atoms with Crippen LogP contribution in [0.4, 0.5) is 5.69 Å². The van der Waals surface area contributed by atoms with Gasteiger partial charge in [-0.25, -0.2) is 4.98 Å². The number of ether oxygens (including phenoxy) is 1. The van der Waals surface area contributed by atoms with Crippen LogP contribution in [0, 0.1) is 17.2 Å².